The molecule has 6 nitrogen and oxygen atoms in total. The molecule has 1 aliphatic rings. The van der Waals surface area contributed by atoms with Crippen molar-refractivity contribution < 1.29 is 9.66 Å². The average Bonchev–Trinajstić information content (AvgIpc) is 2.23. The smallest absolute Gasteiger partial charge is 0.328 e. The molecule has 0 saturated carbocycles. The maximum Gasteiger partial charge on any atom is 0.328 e. The molecular weight excluding hydrogens is 210 g/mol. The summed E-state index contributed by atoms with van der Waals surface area (Å²) in [5, 5.41) is 14.7. The van der Waals surface area contributed by atoms with Crippen molar-refractivity contribution >= 4 is 17.3 Å². The van der Waals surface area contributed by atoms with Crippen molar-refractivity contribution in [1.82, 2.24) is 9.78 Å². The lowest BCUT2D eigenvalue weighted by Crippen LogP contribution is -2.31. The van der Waals surface area contributed by atoms with E-state index in [0.717, 1.165) is 0 Å². The number of hydrogen-bond acceptors (Lipinski definition) is 4. The number of halogens is 1. The van der Waals surface area contributed by atoms with Crippen LogP contribution in [-0.2, 0) is 4.74 Å². The summed E-state index contributed by atoms with van der Waals surface area (Å²) in [5.41, 5.74) is 0.227. The van der Waals surface area contributed by atoms with Crippen molar-refractivity contribution in [2.75, 3.05) is 13.2 Å². The molecule has 0 radical (unpaired) electrons. The maximum atomic E-state index is 10.6. The van der Waals surface area contributed by atoms with Gasteiger partial charge < -0.3 is 4.74 Å². The molecule has 14 heavy (non-hydrogen) atoms. The van der Waals surface area contributed by atoms with Crippen molar-refractivity contribution in [3.63, 3.8) is 0 Å². The van der Waals surface area contributed by atoms with E-state index in [2.05, 4.69) is 5.10 Å². The summed E-state index contributed by atoms with van der Waals surface area (Å²) >= 11 is 5.84. The summed E-state index contributed by atoms with van der Waals surface area (Å²) in [4.78, 5) is 10.1. The first kappa shape index (κ1) is 9.42. The number of nitrogens with zero attached hydrogens (tertiary/aromatic N) is 3. The van der Waals surface area contributed by atoms with E-state index in [1.54, 1.807) is 6.92 Å². The molecule has 1 aliphatic heterocycles. The monoisotopic (exact) mass is 217 g/mol. The number of aryl methyl sites for hydroxylation is 1. The highest BCUT2D eigenvalue weighted by molar-refractivity contribution is 6.31. The maximum absolute atomic E-state index is 10.6. The fourth-order valence-electron chi connectivity index (χ4n) is 1.32. The lowest BCUT2D eigenvalue weighted by Gasteiger charge is -2.26. The third-order valence-corrected chi connectivity index (χ3v) is 2.50. The SMILES string of the molecule is Cc1nn(C2COC2)c(Cl)c1[N+](=O)[O-]. The predicted molar refractivity (Wildman–Crippen MR) is 48.5 cm³/mol. The average molecular weight is 218 g/mol. The van der Waals surface area contributed by atoms with Gasteiger partial charge in [-0.15, -0.1) is 0 Å². The third kappa shape index (κ3) is 1.27. The Labute approximate surface area is 84.6 Å². The van der Waals surface area contributed by atoms with Crippen LogP contribution in [0.3, 0.4) is 0 Å². The van der Waals surface area contributed by atoms with Gasteiger partial charge in [0, 0.05) is 0 Å². The third-order valence-electron chi connectivity index (χ3n) is 2.15. The highest BCUT2D eigenvalue weighted by Crippen LogP contribution is 2.31. The molecule has 76 valence electrons. The number of rotatable bonds is 2. The molecule has 0 amide bonds. The van der Waals surface area contributed by atoms with Crippen LogP contribution in [0.25, 0.3) is 0 Å². The molecular formula is C7H8ClN3O3. The van der Waals surface area contributed by atoms with Gasteiger partial charge in [0.05, 0.1) is 18.1 Å². The molecule has 2 heterocycles. The lowest BCUT2D eigenvalue weighted by molar-refractivity contribution is -0.385. The lowest BCUT2D eigenvalue weighted by atomic mass is 10.3. The minimum atomic E-state index is -0.513. The van der Waals surface area contributed by atoms with Crippen LogP contribution in [0.2, 0.25) is 5.15 Å². The minimum Gasteiger partial charge on any atom is -0.377 e. The Morgan fingerprint density at radius 1 is 1.71 bits per heavy atom. The van der Waals surface area contributed by atoms with Crippen molar-refractivity contribution in [2.24, 2.45) is 0 Å². The van der Waals surface area contributed by atoms with Crippen molar-refractivity contribution in [2.45, 2.75) is 13.0 Å². The first-order valence-corrected chi connectivity index (χ1v) is 4.45. The van der Waals surface area contributed by atoms with Gasteiger partial charge >= 0.3 is 5.69 Å². The van der Waals surface area contributed by atoms with Crippen LogP contribution in [0.5, 0.6) is 0 Å². The van der Waals surface area contributed by atoms with E-state index in [0.29, 0.717) is 18.9 Å². The molecule has 0 aromatic carbocycles. The number of aromatic nitrogens is 2. The van der Waals surface area contributed by atoms with Gasteiger partial charge in [-0.25, -0.2) is 4.68 Å². The molecule has 0 unspecified atom stereocenters. The Kier molecular flexibility index (Phi) is 2.16. The Bertz CT molecular complexity index is 386. The van der Waals surface area contributed by atoms with Gasteiger partial charge in [-0.2, -0.15) is 5.10 Å². The zero-order chi connectivity index (χ0) is 10.3. The van der Waals surface area contributed by atoms with E-state index < -0.39 is 4.92 Å². The normalized spacial score (nSPS) is 16.7. The quantitative estimate of drug-likeness (QED) is 0.553. The van der Waals surface area contributed by atoms with Gasteiger partial charge in [-0.3, -0.25) is 10.1 Å². The van der Waals surface area contributed by atoms with E-state index >= 15 is 0 Å². The number of ether oxygens (including phenoxy) is 1. The van der Waals surface area contributed by atoms with Gasteiger partial charge in [0.2, 0.25) is 5.15 Å². The Hall–Kier alpha value is -1.14. The molecule has 0 bridgehead atoms. The molecule has 0 aliphatic carbocycles. The summed E-state index contributed by atoms with van der Waals surface area (Å²) in [6.07, 6.45) is 0. The van der Waals surface area contributed by atoms with Gasteiger partial charge in [-0.1, -0.05) is 11.6 Å². The molecule has 0 atom stereocenters. The van der Waals surface area contributed by atoms with E-state index in [1.807, 2.05) is 0 Å². The summed E-state index contributed by atoms with van der Waals surface area (Å²) in [6, 6.07) is 0.0369. The van der Waals surface area contributed by atoms with Crippen LogP contribution in [0.15, 0.2) is 0 Å². The van der Waals surface area contributed by atoms with E-state index in [1.165, 1.54) is 4.68 Å². The topological polar surface area (TPSA) is 70.2 Å². The largest absolute Gasteiger partial charge is 0.377 e. The van der Waals surface area contributed by atoms with Crippen LogP contribution in [0.1, 0.15) is 11.7 Å². The number of hydrogen-bond donors (Lipinski definition) is 0. The molecule has 1 aromatic rings. The molecule has 2 rings (SSSR count). The zero-order valence-electron chi connectivity index (χ0n) is 7.44. The number of nitro groups is 1. The van der Waals surface area contributed by atoms with Crippen LogP contribution in [-0.4, -0.2) is 27.9 Å². The van der Waals surface area contributed by atoms with Crippen LogP contribution < -0.4 is 0 Å². The highest BCUT2D eigenvalue weighted by Gasteiger charge is 2.30. The Balaban J connectivity index is 2.42. The van der Waals surface area contributed by atoms with Gasteiger partial charge in [-0.05, 0) is 6.92 Å². The van der Waals surface area contributed by atoms with Crippen LogP contribution >= 0.6 is 11.6 Å². The summed E-state index contributed by atoms with van der Waals surface area (Å²) < 4.78 is 6.42. The molecule has 1 fully saturated rings. The standard InChI is InChI=1S/C7H8ClN3O3/c1-4-6(11(12)13)7(8)10(9-4)5-2-14-3-5/h5H,2-3H2,1H3. The zero-order valence-corrected chi connectivity index (χ0v) is 8.19. The van der Waals surface area contributed by atoms with Crippen LogP contribution in [0, 0.1) is 17.0 Å². The fraction of sp³-hybridized carbons (Fsp3) is 0.571. The summed E-state index contributed by atoms with van der Waals surface area (Å²) in [6.45, 7) is 2.59. The molecule has 7 heteroatoms. The van der Waals surface area contributed by atoms with Gasteiger partial charge in [0.15, 0.2) is 0 Å². The summed E-state index contributed by atoms with van der Waals surface area (Å²) in [7, 11) is 0. The molecule has 0 N–H and O–H groups in total. The minimum absolute atomic E-state index is 0.0369. The van der Waals surface area contributed by atoms with Crippen molar-refractivity contribution in [3.05, 3.63) is 21.0 Å². The van der Waals surface area contributed by atoms with Gasteiger partial charge in [0.1, 0.15) is 11.7 Å². The fourth-order valence-corrected chi connectivity index (χ4v) is 1.71. The summed E-state index contributed by atoms with van der Waals surface area (Å²) in [5.74, 6) is 0. The molecule has 1 saturated heterocycles. The van der Waals surface area contributed by atoms with Crippen molar-refractivity contribution in [3.8, 4) is 0 Å². The molecule has 0 spiro atoms. The second-order valence-electron chi connectivity index (χ2n) is 3.12. The second kappa shape index (κ2) is 3.21. The van der Waals surface area contributed by atoms with E-state index in [4.69, 9.17) is 16.3 Å². The van der Waals surface area contributed by atoms with Crippen LogP contribution in [0.4, 0.5) is 5.69 Å². The Morgan fingerprint density at radius 3 is 2.71 bits per heavy atom. The predicted octanol–water partition coefficient (Wildman–Crippen LogP) is 1.32. The second-order valence-corrected chi connectivity index (χ2v) is 3.48. The first-order chi connectivity index (χ1) is 6.61. The highest BCUT2D eigenvalue weighted by atomic mass is 35.5. The first-order valence-electron chi connectivity index (χ1n) is 4.08. The molecule has 1 aromatic heterocycles. The van der Waals surface area contributed by atoms with Crippen molar-refractivity contribution in [1.29, 1.82) is 0 Å². The Morgan fingerprint density at radius 2 is 2.36 bits per heavy atom. The van der Waals surface area contributed by atoms with E-state index in [-0.39, 0.29) is 16.9 Å². The van der Waals surface area contributed by atoms with E-state index in [9.17, 15) is 10.1 Å². The van der Waals surface area contributed by atoms with Gasteiger partial charge in [0.25, 0.3) is 0 Å².